The Morgan fingerprint density at radius 1 is 0.889 bits per heavy atom. The van der Waals surface area contributed by atoms with Crippen LogP contribution in [0.3, 0.4) is 0 Å². The van der Waals surface area contributed by atoms with Gasteiger partial charge < -0.3 is 19.7 Å². The van der Waals surface area contributed by atoms with E-state index in [0.29, 0.717) is 19.6 Å². The topological polar surface area (TPSA) is 63.0 Å². The molecule has 190 valence electrons. The molecular formula is C31H37NO4. The van der Waals surface area contributed by atoms with Gasteiger partial charge >= 0.3 is 5.91 Å². The zero-order valence-corrected chi connectivity index (χ0v) is 21.2. The summed E-state index contributed by atoms with van der Waals surface area (Å²) in [5.74, 6) is 1.34. The first-order valence-corrected chi connectivity index (χ1v) is 13.1. The highest BCUT2D eigenvalue weighted by molar-refractivity contribution is 5.67. The molecule has 0 aromatic heterocycles. The van der Waals surface area contributed by atoms with Gasteiger partial charge in [0.25, 0.3) is 0 Å². The SMILES string of the molecule is CC(CCC(=O)[NH+]([O-])C1CCCCC1)c1ccc(OCc2ccccc2)cc1OCc1ccccc1. The lowest BCUT2D eigenvalue weighted by Crippen LogP contribution is -3.14. The van der Waals surface area contributed by atoms with Crippen LogP contribution >= 0.6 is 0 Å². The van der Waals surface area contributed by atoms with Crippen LogP contribution in [-0.2, 0) is 18.0 Å². The van der Waals surface area contributed by atoms with Crippen molar-refractivity contribution >= 4 is 5.91 Å². The van der Waals surface area contributed by atoms with E-state index < -0.39 is 0 Å². The summed E-state index contributed by atoms with van der Waals surface area (Å²) in [4.78, 5) is 12.6. The Balaban J connectivity index is 1.42. The molecule has 0 spiro atoms. The molecule has 1 fully saturated rings. The van der Waals surface area contributed by atoms with Gasteiger partial charge in [-0.25, -0.2) is 4.79 Å². The summed E-state index contributed by atoms with van der Waals surface area (Å²) in [6, 6.07) is 26.0. The summed E-state index contributed by atoms with van der Waals surface area (Å²) in [5, 5.41) is 12.5. The number of hydroxylamine groups is 2. The summed E-state index contributed by atoms with van der Waals surface area (Å²) in [6.07, 6.45) is 5.90. The fourth-order valence-electron chi connectivity index (χ4n) is 4.83. The van der Waals surface area contributed by atoms with Gasteiger partial charge in [-0.15, -0.1) is 0 Å². The van der Waals surface area contributed by atoms with Gasteiger partial charge in [-0.3, -0.25) is 0 Å². The molecule has 0 heterocycles. The quantitative estimate of drug-likeness (QED) is 0.339. The third kappa shape index (κ3) is 7.42. The predicted octanol–water partition coefficient (Wildman–Crippen LogP) is 5.97. The highest BCUT2D eigenvalue weighted by Gasteiger charge is 2.25. The first-order valence-electron chi connectivity index (χ1n) is 13.1. The highest BCUT2D eigenvalue weighted by Crippen LogP contribution is 2.34. The van der Waals surface area contributed by atoms with Crippen molar-refractivity contribution < 1.29 is 19.3 Å². The lowest BCUT2D eigenvalue weighted by molar-refractivity contribution is -0.797. The van der Waals surface area contributed by atoms with Crippen molar-refractivity contribution in [3.8, 4) is 11.5 Å². The van der Waals surface area contributed by atoms with Crippen LogP contribution in [-0.4, -0.2) is 11.9 Å². The molecule has 4 rings (SSSR count). The number of carbonyl (C=O) groups excluding carboxylic acids is 1. The third-order valence-corrected chi connectivity index (χ3v) is 7.06. The Hall–Kier alpha value is -3.15. The second kappa shape index (κ2) is 13.2. The third-order valence-electron chi connectivity index (χ3n) is 7.06. The monoisotopic (exact) mass is 487 g/mol. The normalized spacial score (nSPS) is 15.7. The van der Waals surface area contributed by atoms with Gasteiger partial charge in [0.1, 0.15) is 24.7 Å². The molecule has 0 bridgehead atoms. The molecule has 2 unspecified atom stereocenters. The molecule has 5 heteroatoms. The number of hydrogen-bond donors (Lipinski definition) is 1. The van der Waals surface area contributed by atoms with Gasteiger partial charge in [-0.05, 0) is 47.9 Å². The Kier molecular flexibility index (Phi) is 9.54. The fraction of sp³-hybridized carbons (Fsp3) is 0.387. The van der Waals surface area contributed by atoms with E-state index in [1.165, 1.54) is 6.42 Å². The van der Waals surface area contributed by atoms with Crippen LogP contribution in [0.4, 0.5) is 0 Å². The maximum atomic E-state index is 12.6. The second-order valence-corrected chi connectivity index (χ2v) is 9.81. The second-order valence-electron chi connectivity index (χ2n) is 9.81. The van der Waals surface area contributed by atoms with Gasteiger partial charge in [0.05, 0.1) is 12.5 Å². The Bertz CT molecular complexity index is 1080. The van der Waals surface area contributed by atoms with E-state index in [0.717, 1.165) is 53.9 Å². The molecule has 1 aliphatic carbocycles. The lowest BCUT2D eigenvalue weighted by Gasteiger charge is -2.32. The van der Waals surface area contributed by atoms with Crippen LogP contribution < -0.4 is 14.5 Å². The Morgan fingerprint density at radius 3 is 2.14 bits per heavy atom. The predicted molar refractivity (Wildman–Crippen MR) is 142 cm³/mol. The maximum absolute atomic E-state index is 12.6. The Labute approximate surface area is 214 Å². The number of nitrogens with one attached hydrogen (secondary N) is 1. The van der Waals surface area contributed by atoms with E-state index in [1.807, 2.05) is 78.9 Å². The van der Waals surface area contributed by atoms with Crippen molar-refractivity contribution in [2.45, 2.75) is 77.0 Å². The summed E-state index contributed by atoms with van der Waals surface area (Å²) in [6.45, 7) is 3.01. The molecule has 3 aromatic carbocycles. The van der Waals surface area contributed by atoms with E-state index in [9.17, 15) is 10.0 Å². The fourth-order valence-corrected chi connectivity index (χ4v) is 4.83. The molecule has 2 atom stereocenters. The van der Waals surface area contributed by atoms with Crippen molar-refractivity contribution in [2.24, 2.45) is 0 Å². The average molecular weight is 488 g/mol. The standard InChI is InChI=1S/C31H37NO4/c1-24(17-20-31(33)32(34)27-15-9-4-10-16-27)29-19-18-28(35-22-25-11-5-2-6-12-25)21-30(29)36-23-26-13-7-3-8-14-26/h2-3,5-8,11-14,18-19,21,24,27,32H,4,9-10,15-17,20,22-23H2,1H3. The van der Waals surface area contributed by atoms with E-state index in [4.69, 9.17) is 9.47 Å². The highest BCUT2D eigenvalue weighted by atomic mass is 16.5. The molecular weight excluding hydrogens is 450 g/mol. The summed E-state index contributed by atoms with van der Waals surface area (Å²) >= 11 is 0. The summed E-state index contributed by atoms with van der Waals surface area (Å²) in [5.41, 5.74) is 3.21. The molecule has 0 radical (unpaired) electrons. The molecule has 1 saturated carbocycles. The first kappa shape index (κ1) is 25.9. The van der Waals surface area contributed by atoms with Crippen LogP contribution in [0.5, 0.6) is 11.5 Å². The van der Waals surface area contributed by atoms with Crippen molar-refractivity contribution in [1.29, 1.82) is 0 Å². The number of benzene rings is 3. The smallest absolute Gasteiger partial charge is 0.312 e. The van der Waals surface area contributed by atoms with Gasteiger partial charge in [0, 0.05) is 18.9 Å². The largest absolute Gasteiger partial charge is 0.627 e. The van der Waals surface area contributed by atoms with Gasteiger partial charge in [-0.1, -0.05) is 80.1 Å². The number of hydrogen-bond acceptors (Lipinski definition) is 4. The van der Waals surface area contributed by atoms with E-state index in [1.54, 1.807) is 0 Å². The lowest BCUT2D eigenvalue weighted by atomic mass is 9.93. The van der Waals surface area contributed by atoms with E-state index in [2.05, 4.69) is 6.92 Å². The van der Waals surface area contributed by atoms with Crippen molar-refractivity contribution in [2.75, 3.05) is 0 Å². The van der Waals surface area contributed by atoms with E-state index >= 15 is 0 Å². The minimum atomic E-state index is -0.219. The molecule has 0 aliphatic heterocycles. The molecule has 3 aromatic rings. The molecule has 1 aliphatic rings. The zero-order chi connectivity index (χ0) is 25.2. The number of ether oxygens (including phenoxy) is 2. The van der Waals surface area contributed by atoms with Gasteiger partial charge in [0.2, 0.25) is 0 Å². The molecule has 5 nitrogen and oxygen atoms in total. The van der Waals surface area contributed by atoms with Crippen molar-refractivity contribution in [3.63, 3.8) is 0 Å². The van der Waals surface area contributed by atoms with Crippen LogP contribution in [0.2, 0.25) is 0 Å². The zero-order valence-electron chi connectivity index (χ0n) is 21.2. The van der Waals surface area contributed by atoms with Crippen LogP contribution in [0.15, 0.2) is 78.9 Å². The number of quaternary nitrogens is 1. The van der Waals surface area contributed by atoms with Crippen LogP contribution in [0.25, 0.3) is 0 Å². The number of carbonyl (C=O) groups is 1. The maximum Gasteiger partial charge on any atom is 0.312 e. The minimum Gasteiger partial charge on any atom is -0.627 e. The summed E-state index contributed by atoms with van der Waals surface area (Å²) in [7, 11) is 0. The molecule has 1 amide bonds. The van der Waals surface area contributed by atoms with Gasteiger partial charge in [0.15, 0.2) is 0 Å². The minimum absolute atomic E-state index is 0.0626. The number of rotatable bonds is 11. The van der Waals surface area contributed by atoms with Crippen molar-refractivity contribution in [3.05, 3.63) is 101 Å². The molecule has 36 heavy (non-hydrogen) atoms. The molecule has 1 N–H and O–H groups in total. The van der Waals surface area contributed by atoms with Gasteiger partial charge in [-0.2, -0.15) is 0 Å². The summed E-state index contributed by atoms with van der Waals surface area (Å²) < 4.78 is 12.3. The van der Waals surface area contributed by atoms with Crippen molar-refractivity contribution in [1.82, 2.24) is 0 Å². The average Bonchev–Trinajstić information content (AvgIpc) is 2.94. The van der Waals surface area contributed by atoms with Crippen LogP contribution in [0.1, 0.15) is 74.5 Å². The first-order chi connectivity index (χ1) is 17.6. The Morgan fingerprint density at radius 2 is 1.50 bits per heavy atom. The van der Waals surface area contributed by atoms with E-state index in [-0.39, 0.29) is 29.4 Å². The molecule has 0 saturated heterocycles. The number of amides is 1. The van der Waals surface area contributed by atoms with Crippen LogP contribution in [0, 0.1) is 5.21 Å².